The van der Waals surface area contributed by atoms with Crippen LogP contribution in [-0.4, -0.2) is 13.0 Å². The van der Waals surface area contributed by atoms with Gasteiger partial charge in [-0.1, -0.05) is 12.1 Å². The molecule has 102 valence electrons. The van der Waals surface area contributed by atoms with E-state index in [1.54, 1.807) is 0 Å². The molecule has 0 atom stereocenters. The summed E-state index contributed by atoms with van der Waals surface area (Å²) >= 11 is 0. The predicted octanol–water partition coefficient (Wildman–Crippen LogP) is 2.84. The van der Waals surface area contributed by atoms with Crippen LogP contribution in [0.3, 0.4) is 0 Å². The van der Waals surface area contributed by atoms with Crippen molar-refractivity contribution in [3.05, 3.63) is 47.5 Å². The number of rotatable bonds is 2. The van der Waals surface area contributed by atoms with Gasteiger partial charge in [0.1, 0.15) is 0 Å². The van der Waals surface area contributed by atoms with Crippen molar-refractivity contribution in [1.82, 2.24) is 0 Å². The largest absolute Gasteiger partial charge is 0.397 e. The predicted molar refractivity (Wildman–Crippen MR) is 82.4 cm³/mol. The van der Waals surface area contributed by atoms with Crippen LogP contribution < -0.4 is 16.0 Å². The van der Waals surface area contributed by atoms with Crippen molar-refractivity contribution in [2.45, 2.75) is 13.3 Å². The summed E-state index contributed by atoms with van der Waals surface area (Å²) in [5, 5.41) is 2.86. The van der Waals surface area contributed by atoms with E-state index in [-0.39, 0.29) is 5.91 Å². The molecule has 1 amide bonds. The first-order chi connectivity index (χ1) is 9.54. The number of hydrogen-bond acceptors (Lipinski definition) is 3. The average Bonchev–Trinajstić information content (AvgIpc) is 2.76. The zero-order valence-electron chi connectivity index (χ0n) is 11.6. The molecule has 1 aliphatic heterocycles. The van der Waals surface area contributed by atoms with E-state index in [0.717, 1.165) is 22.6 Å². The van der Waals surface area contributed by atoms with Crippen LogP contribution in [0.2, 0.25) is 0 Å². The Morgan fingerprint density at radius 1 is 1.25 bits per heavy atom. The average molecular weight is 267 g/mol. The highest BCUT2D eigenvalue weighted by molar-refractivity contribution is 6.01. The molecule has 0 unspecified atom stereocenters. The molecule has 0 aliphatic carbocycles. The maximum atomic E-state index is 11.4. The molecule has 2 aromatic carbocycles. The SMILES string of the molecule is Cc1cccc(N(C)c2cc3c(cc2N)CC(=O)N3)c1. The van der Waals surface area contributed by atoms with Gasteiger partial charge < -0.3 is 16.0 Å². The van der Waals surface area contributed by atoms with E-state index in [1.165, 1.54) is 5.56 Å². The normalized spacial score (nSPS) is 13.0. The van der Waals surface area contributed by atoms with Gasteiger partial charge in [-0.05, 0) is 42.3 Å². The van der Waals surface area contributed by atoms with Crippen LogP contribution in [0, 0.1) is 6.92 Å². The maximum absolute atomic E-state index is 11.4. The van der Waals surface area contributed by atoms with E-state index < -0.39 is 0 Å². The summed E-state index contributed by atoms with van der Waals surface area (Å²) in [4.78, 5) is 13.5. The summed E-state index contributed by atoms with van der Waals surface area (Å²) in [6, 6.07) is 12.0. The fourth-order valence-corrected chi connectivity index (χ4v) is 2.55. The Labute approximate surface area is 118 Å². The highest BCUT2D eigenvalue weighted by atomic mass is 16.1. The van der Waals surface area contributed by atoms with Gasteiger partial charge in [-0.2, -0.15) is 0 Å². The second-order valence-electron chi connectivity index (χ2n) is 5.19. The molecule has 0 radical (unpaired) electrons. The van der Waals surface area contributed by atoms with Crippen molar-refractivity contribution in [2.75, 3.05) is 23.0 Å². The van der Waals surface area contributed by atoms with Crippen LogP contribution in [0.1, 0.15) is 11.1 Å². The van der Waals surface area contributed by atoms with Crippen LogP contribution >= 0.6 is 0 Å². The van der Waals surface area contributed by atoms with Gasteiger partial charge in [0.05, 0.1) is 17.8 Å². The summed E-state index contributed by atoms with van der Waals surface area (Å²) < 4.78 is 0. The van der Waals surface area contributed by atoms with E-state index in [1.807, 2.05) is 36.2 Å². The van der Waals surface area contributed by atoms with Crippen molar-refractivity contribution < 1.29 is 4.79 Å². The highest BCUT2D eigenvalue weighted by Gasteiger charge is 2.20. The van der Waals surface area contributed by atoms with Gasteiger partial charge in [-0.3, -0.25) is 4.79 Å². The first-order valence-electron chi connectivity index (χ1n) is 6.57. The van der Waals surface area contributed by atoms with Crippen molar-refractivity contribution in [1.29, 1.82) is 0 Å². The zero-order valence-corrected chi connectivity index (χ0v) is 11.6. The molecule has 1 heterocycles. The number of nitrogen functional groups attached to an aromatic ring is 1. The Bertz CT molecular complexity index is 694. The van der Waals surface area contributed by atoms with E-state index in [4.69, 9.17) is 5.73 Å². The van der Waals surface area contributed by atoms with Crippen LogP contribution in [0.25, 0.3) is 0 Å². The second-order valence-corrected chi connectivity index (χ2v) is 5.19. The molecular weight excluding hydrogens is 250 g/mol. The minimum atomic E-state index is 0.0229. The summed E-state index contributed by atoms with van der Waals surface area (Å²) in [6.07, 6.45) is 0.411. The molecule has 0 aromatic heterocycles. The van der Waals surface area contributed by atoms with Gasteiger partial charge in [-0.25, -0.2) is 0 Å². The van der Waals surface area contributed by atoms with Gasteiger partial charge in [0.15, 0.2) is 0 Å². The maximum Gasteiger partial charge on any atom is 0.228 e. The molecule has 20 heavy (non-hydrogen) atoms. The molecular formula is C16H17N3O. The molecule has 4 heteroatoms. The molecule has 0 fully saturated rings. The van der Waals surface area contributed by atoms with E-state index in [9.17, 15) is 4.79 Å². The Hall–Kier alpha value is -2.49. The minimum absolute atomic E-state index is 0.0229. The second kappa shape index (κ2) is 4.56. The number of nitrogens with one attached hydrogen (secondary N) is 1. The number of anilines is 4. The van der Waals surface area contributed by atoms with Crippen molar-refractivity contribution >= 4 is 28.7 Å². The lowest BCUT2D eigenvalue weighted by molar-refractivity contribution is -0.115. The number of hydrogen-bond donors (Lipinski definition) is 2. The summed E-state index contributed by atoms with van der Waals surface area (Å²) in [7, 11) is 1.98. The fourth-order valence-electron chi connectivity index (χ4n) is 2.55. The molecule has 3 N–H and O–H groups in total. The quantitative estimate of drug-likeness (QED) is 0.823. The van der Waals surface area contributed by atoms with Crippen LogP contribution in [0.15, 0.2) is 36.4 Å². The Morgan fingerprint density at radius 2 is 2.05 bits per heavy atom. The lowest BCUT2D eigenvalue weighted by atomic mass is 10.1. The molecule has 3 rings (SSSR count). The standard InChI is InChI=1S/C16H17N3O/c1-10-4-3-5-12(6-10)19(2)15-9-14-11(7-13(15)17)8-16(20)18-14/h3-7,9H,8,17H2,1-2H3,(H,18,20). The van der Waals surface area contributed by atoms with Gasteiger partial charge in [0.2, 0.25) is 5.91 Å². The molecule has 2 aromatic rings. The highest BCUT2D eigenvalue weighted by Crippen LogP contribution is 2.36. The molecule has 0 saturated carbocycles. The number of benzene rings is 2. The van der Waals surface area contributed by atoms with Crippen LogP contribution in [0.5, 0.6) is 0 Å². The Morgan fingerprint density at radius 3 is 2.80 bits per heavy atom. The third-order valence-corrected chi connectivity index (χ3v) is 3.63. The van der Waals surface area contributed by atoms with Gasteiger partial charge in [0.25, 0.3) is 0 Å². The zero-order chi connectivity index (χ0) is 14.3. The molecule has 1 aliphatic rings. The summed E-state index contributed by atoms with van der Waals surface area (Å²) in [6.45, 7) is 2.06. The summed E-state index contributed by atoms with van der Waals surface area (Å²) in [5.41, 5.74) is 11.8. The Balaban J connectivity index is 2.02. The molecule has 0 bridgehead atoms. The first-order valence-corrected chi connectivity index (χ1v) is 6.57. The van der Waals surface area contributed by atoms with E-state index in [2.05, 4.69) is 24.4 Å². The van der Waals surface area contributed by atoms with Crippen molar-refractivity contribution in [3.63, 3.8) is 0 Å². The number of nitrogens with zero attached hydrogens (tertiary/aromatic N) is 1. The number of carbonyl (C=O) groups excluding carboxylic acids is 1. The molecule has 0 saturated heterocycles. The lowest BCUT2D eigenvalue weighted by Gasteiger charge is -2.22. The van der Waals surface area contributed by atoms with E-state index in [0.29, 0.717) is 12.1 Å². The Kier molecular flexibility index (Phi) is 2.86. The van der Waals surface area contributed by atoms with Gasteiger partial charge in [-0.15, -0.1) is 0 Å². The smallest absolute Gasteiger partial charge is 0.228 e. The monoisotopic (exact) mass is 267 g/mol. The van der Waals surface area contributed by atoms with Crippen molar-refractivity contribution in [2.24, 2.45) is 0 Å². The van der Waals surface area contributed by atoms with Crippen LogP contribution in [-0.2, 0) is 11.2 Å². The lowest BCUT2D eigenvalue weighted by Crippen LogP contribution is -2.12. The van der Waals surface area contributed by atoms with Crippen molar-refractivity contribution in [3.8, 4) is 0 Å². The fraction of sp³-hybridized carbons (Fsp3) is 0.188. The topological polar surface area (TPSA) is 58.4 Å². The van der Waals surface area contributed by atoms with Gasteiger partial charge in [0, 0.05) is 18.4 Å². The summed E-state index contributed by atoms with van der Waals surface area (Å²) in [5.74, 6) is 0.0229. The third kappa shape index (κ3) is 2.09. The first kappa shape index (κ1) is 12.5. The minimum Gasteiger partial charge on any atom is -0.397 e. The van der Waals surface area contributed by atoms with Crippen LogP contribution in [0.4, 0.5) is 22.7 Å². The number of fused-ring (bicyclic) bond motifs is 1. The number of aryl methyl sites for hydroxylation is 1. The number of carbonyl (C=O) groups is 1. The van der Waals surface area contributed by atoms with Gasteiger partial charge >= 0.3 is 0 Å². The van der Waals surface area contributed by atoms with E-state index >= 15 is 0 Å². The number of amides is 1. The number of nitrogens with two attached hydrogens (primary N) is 1. The third-order valence-electron chi connectivity index (χ3n) is 3.63. The molecule has 0 spiro atoms. The molecule has 4 nitrogen and oxygen atoms in total.